The van der Waals surface area contributed by atoms with Crippen LogP contribution < -0.4 is 15.9 Å². The Labute approximate surface area is 233 Å². The molecule has 202 valence electrons. The first-order valence-corrected chi connectivity index (χ1v) is 16.3. The lowest BCUT2D eigenvalue weighted by Gasteiger charge is -2.27. The molecule has 3 atom stereocenters. The molecule has 0 spiro atoms. The van der Waals surface area contributed by atoms with Crippen molar-refractivity contribution in [3.8, 4) is 0 Å². The van der Waals surface area contributed by atoms with Gasteiger partial charge in [-0.2, -0.15) is 4.98 Å². The van der Waals surface area contributed by atoms with E-state index in [9.17, 15) is 8.96 Å². The maximum absolute atomic E-state index is 13.9. The van der Waals surface area contributed by atoms with Crippen LogP contribution in [-0.2, 0) is 17.4 Å². The van der Waals surface area contributed by atoms with Crippen molar-refractivity contribution >= 4 is 47.2 Å². The van der Waals surface area contributed by atoms with Crippen molar-refractivity contribution in [2.24, 2.45) is 11.8 Å². The van der Waals surface area contributed by atoms with E-state index in [0.29, 0.717) is 45.7 Å². The average molecular weight is 565 g/mol. The molecule has 1 aliphatic heterocycles. The lowest BCUT2D eigenvalue weighted by molar-refractivity contribution is 0.199. The number of hydrogen-bond acceptors (Lipinski definition) is 6. The Bertz CT molecular complexity index is 1510. The van der Waals surface area contributed by atoms with Gasteiger partial charge in [-0.05, 0) is 80.5 Å². The van der Waals surface area contributed by atoms with E-state index < -0.39 is 13.0 Å². The molecule has 2 aromatic carbocycles. The van der Waals surface area contributed by atoms with Gasteiger partial charge >= 0.3 is 0 Å². The van der Waals surface area contributed by atoms with Crippen molar-refractivity contribution in [2.75, 3.05) is 37.1 Å². The van der Waals surface area contributed by atoms with Gasteiger partial charge in [0.1, 0.15) is 18.0 Å². The second kappa shape index (κ2) is 10.2. The molecular weight excluding hydrogens is 534 g/mol. The van der Waals surface area contributed by atoms with Crippen LogP contribution in [0.2, 0.25) is 5.02 Å². The minimum Gasteiger partial charge on any atom is -0.338 e. The highest BCUT2D eigenvalue weighted by Crippen LogP contribution is 2.49. The van der Waals surface area contributed by atoms with E-state index in [2.05, 4.69) is 48.5 Å². The van der Waals surface area contributed by atoms with Gasteiger partial charge in [0.25, 0.3) is 0 Å². The normalized spacial score (nSPS) is 24.3. The number of aromatic nitrogens is 2. The van der Waals surface area contributed by atoms with Crippen molar-refractivity contribution in [3.05, 3.63) is 76.0 Å². The number of halogens is 2. The molecule has 6 rings (SSSR count). The Morgan fingerprint density at radius 3 is 2.54 bits per heavy atom. The third kappa shape index (κ3) is 5.41. The van der Waals surface area contributed by atoms with Crippen molar-refractivity contribution in [1.82, 2.24) is 14.9 Å². The molecule has 39 heavy (non-hydrogen) atoms. The third-order valence-corrected chi connectivity index (χ3v) is 10.1. The molecule has 0 amide bonds. The number of aryl methyl sites for hydroxylation is 2. The van der Waals surface area contributed by atoms with E-state index in [0.717, 1.165) is 44.5 Å². The molecule has 2 unspecified atom stereocenters. The second-order valence-corrected chi connectivity index (χ2v) is 14.9. The number of nitrogens with zero attached hydrogens (tertiary/aromatic N) is 4. The van der Waals surface area contributed by atoms with E-state index in [1.165, 1.54) is 29.5 Å². The van der Waals surface area contributed by atoms with Crippen LogP contribution in [0.1, 0.15) is 24.0 Å². The number of likely N-dealkylation sites (tertiary alicyclic amines) is 1. The summed E-state index contributed by atoms with van der Waals surface area (Å²) < 4.78 is 26.6. The highest BCUT2D eigenvalue weighted by molar-refractivity contribution is 7.70. The summed E-state index contributed by atoms with van der Waals surface area (Å²) in [6.45, 7) is 12.7. The topological polar surface area (TPSA) is 74.5 Å². The molecule has 2 N–H and O–H groups in total. The van der Waals surface area contributed by atoms with Crippen LogP contribution in [0.5, 0.6) is 0 Å². The van der Waals surface area contributed by atoms with E-state index >= 15 is 0 Å². The fraction of sp³-hybridized carbons (Fsp3) is 0.414. The minimum absolute atomic E-state index is 0.279. The zero-order valence-corrected chi connectivity index (χ0v) is 23.6. The first kappa shape index (κ1) is 26.3. The predicted molar refractivity (Wildman–Crippen MR) is 155 cm³/mol. The zero-order valence-electron chi connectivity index (χ0n) is 22.0. The Hall–Kier alpha value is -2.98. The van der Waals surface area contributed by atoms with Crippen LogP contribution in [0.15, 0.2) is 42.6 Å². The van der Waals surface area contributed by atoms with Crippen molar-refractivity contribution in [2.45, 2.75) is 37.8 Å². The molecule has 0 bridgehead atoms. The predicted octanol–water partition coefficient (Wildman–Crippen LogP) is 6.10. The average Bonchev–Trinajstić information content (AvgIpc) is 3.46. The summed E-state index contributed by atoms with van der Waals surface area (Å²) in [4.78, 5) is 15.3. The molecule has 2 aliphatic carbocycles. The first-order valence-electron chi connectivity index (χ1n) is 13.3. The van der Waals surface area contributed by atoms with Gasteiger partial charge in [-0.3, -0.25) is 4.90 Å². The Balaban J connectivity index is 1.15. The maximum Gasteiger partial charge on any atom is 0.232 e. The summed E-state index contributed by atoms with van der Waals surface area (Å²) in [5.41, 5.74) is 4.13. The number of hydrogen-bond donors (Lipinski definition) is 2. The van der Waals surface area contributed by atoms with Crippen molar-refractivity contribution in [1.29, 1.82) is 0 Å². The van der Waals surface area contributed by atoms with Crippen molar-refractivity contribution < 1.29 is 8.96 Å². The molecule has 3 aromatic rings. The molecular formula is C29H31ClFN6OP. The molecule has 3 aliphatic rings. The van der Waals surface area contributed by atoms with Crippen LogP contribution in [0.4, 0.5) is 27.5 Å². The minimum atomic E-state index is -2.75. The summed E-state index contributed by atoms with van der Waals surface area (Å²) in [7, 11) is -2.75. The van der Waals surface area contributed by atoms with Crippen molar-refractivity contribution in [3.63, 3.8) is 0 Å². The van der Waals surface area contributed by atoms with E-state index in [1.807, 2.05) is 0 Å². The van der Waals surface area contributed by atoms with E-state index in [1.54, 1.807) is 19.4 Å². The summed E-state index contributed by atoms with van der Waals surface area (Å²) in [6, 6.07) is 11.4. The van der Waals surface area contributed by atoms with E-state index in [4.69, 9.17) is 18.2 Å². The number of anilines is 4. The monoisotopic (exact) mass is 564 g/mol. The van der Waals surface area contributed by atoms with Gasteiger partial charge in [0.15, 0.2) is 5.82 Å². The zero-order chi connectivity index (χ0) is 27.3. The fourth-order valence-electron chi connectivity index (χ4n) is 6.18. The molecule has 2 fully saturated rings. The number of piperidine rings is 1. The van der Waals surface area contributed by atoms with Crippen LogP contribution in [0, 0.1) is 24.2 Å². The van der Waals surface area contributed by atoms with Gasteiger partial charge in [-0.25, -0.2) is 15.9 Å². The Morgan fingerprint density at radius 1 is 1.08 bits per heavy atom. The molecule has 10 heteroatoms. The lowest BCUT2D eigenvalue weighted by Crippen LogP contribution is -2.36. The molecule has 0 radical (unpaired) electrons. The van der Waals surface area contributed by atoms with Gasteiger partial charge in [0, 0.05) is 30.1 Å². The third-order valence-electron chi connectivity index (χ3n) is 8.34. The lowest BCUT2D eigenvalue weighted by atomic mass is 10.0. The summed E-state index contributed by atoms with van der Waals surface area (Å²) >= 11 is 6.38. The second-order valence-electron chi connectivity index (χ2n) is 11.3. The van der Waals surface area contributed by atoms with Gasteiger partial charge in [-0.15, -0.1) is 0 Å². The van der Waals surface area contributed by atoms with Crippen LogP contribution in [0.25, 0.3) is 4.85 Å². The van der Waals surface area contributed by atoms with Gasteiger partial charge in [0.2, 0.25) is 12.0 Å². The highest BCUT2D eigenvalue weighted by Gasteiger charge is 2.62. The number of nitrogens with one attached hydrogen (secondary N) is 2. The summed E-state index contributed by atoms with van der Waals surface area (Å²) in [5.74, 6) is 1.48. The van der Waals surface area contributed by atoms with E-state index in [-0.39, 0.29) is 6.04 Å². The Kier molecular flexibility index (Phi) is 6.87. The standard InChI is InChI=1S/C29H31ClFN6OP/c1-32-27-22-15-37(16-23(22)27)21-9-5-17-4-8-20(12-18(17)6-10-21)34-29-33-14-24(30)28(36-29)35-25-11-7-19(31)13-26(25)39(2,3)38/h4,7-8,11-14,21-23,27H,5-6,9-10,15-16H2,2-3H3,(H2,33,34,35,36)/t21-,22?,23?,27?/m1/s1. The van der Waals surface area contributed by atoms with Crippen LogP contribution in [0.3, 0.4) is 0 Å². The Morgan fingerprint density at radius 2 is 1.82 bits per heavy atom. The quantitative estimate of drug-likeness (QED) is 0.214. The number of rotatable bonds is 6. The molecule has 2 heterocycles. The van der Waals surface area contributed by atoms with Gasteiger partial charge < -0.3 is 20.0 Å². The molecule has 1 saturated heterocycles. The fourth-order valence-corrected chi connectivity index (χ4v) is 7.46. The molecule has 1 aromatic heterocycles. The summed E-state index contributed by atoms with van der Waals surface area (Å²) in [5, 5.41) is 7.11. The first-order chi connectivity index (χ1) is 18.7. The highest BCUT2D eigenvalue weighted by atomic mass is 35.5. The SMILES string of the molecule is [C-]#[N+]C1C2CN([C@@H]3CCc4ccc(Nc5ncc(Cl)c(Nc6ccc(F)cc6P(C)(C)=O)n5)cc4CC3)CC21. The van der Waals surface area contributed by atoms with Gasteiger partial charge in [-0.1, -0.05) is 17.7 Å². The summed E-state index contributed by atoms with van der Waals surface area (Å²) in [6.07, 6.45) is 5.87. The molecule has 1 saturated carbocycles. The largest absolute Gasteiger partial charge is 0.338 e. The number of benzene rings is 2. The number of fused-ring (bicyclic) bond motifs is 2. The van der Waals surface area contributed by atoms with Crippen LogP contribution in [-0.4, -0.2) is 53.4 Å². The smallest absolute Gasteiger partial charge is 0.232 e. The molecule has 7 nitrogen and oxygen atoms in total. The van der Waals surface area contributed by atoms with Gasteiger partial charge in [0.05, 0.1) is 23.7 Å². The van der Waals surface area contributed by atoms with Crippen LogP contribution >= 0.6 is 18.7 Å². The maximum atomic E-state index is 13.9.